The first kappa shape index (κ1) is 33.3. The van der Waals surface area contributed by atoms with Crippen molar-refractivity contribution in [1.82, 2.24) is 10.2 Å². The smallest absolute Gasteiger partial charge is 0.416 e. The first-order valence-electron chi connectivity index (χ1n) is 14.3. The Balaban J connectivity index is 1.45. The molecule has 3 aromatic carbocycles. The van der Waals surface area contributed by atoms with Crippen LogP contribution in [-0.2, 0) is 25.8 Å². The second-order valence-corrected chi connectivity index (χ2v) is 13.5. The first-order chi connectivity index (χ1) is 21.6. The molecule has 2 amide bonds. The fourth-order valence-electron chi connectivity index (χ4n) is 5.46. The molecule has 0 spiro atoms. The molecule has 46 heavy (non-hydrogen) atoms. The van der Waals surface area contributed by atoms with Gasteiger partial charge in [-0.15, -0.1) is 0 Å². The summed E-state index contributed by atoms with van der Waals surface area (Å²) in [7, 11) is -4.55. The van der Waals surface area contributed by atoms with E-state index in [2.05, 4.69) is 5.32 Å². The van der Waals surface area contributed by atoms with Crippen LogP contribution in [0, 0.1) is 5.82 Å². The van der Waals surface area contributed by atoms with Gasteiger partial charge in [-0.3, -0.25) is 13.9 Å². The Labute approximate surface area is 268 Å². The van der Waals surface area contributed by atoms with Crippen molar-refractivity contribution in [2.75, 3.05) is 23.9 Å². The van der Waals surface area contributed by atoms with Crippen molar-refractivity contribution in [1.29, 1.82) is 0 Å². The van der Waals surface area contributed by atoms with E-state index in [1.165, 1.54) is 37.3 Å². The molecule has 5 rings (SSSR count). The van der Waals surface area contributed by atoms with E-state index in [0.717, 1.165) is 22.5 Å². The van der Waals surface area contributed by atoms with E-state index in [4.69, 9.17) is 16.3 Å². The molecule has 0 aromatic heterocycles. The highest BCUT2D eigenvalue weighted by Gasteiger charge is 2.38. The molecule has 0 unspecified atom stereocenters. The van der Waals surface area contributed by atoms with Crippen LogP contribution in [0.25, 0.3) is 11.6 Å². The lowest BCUT2D eigenvalue weighted by atomic mass is 10.0. The number of rotatable bonds is 8. The van der Waals surface area contributed by atoms with Crippen LogP contribution in [-0.4, -0.2) is 56.9 Å². The van der Waals surface area contributed by atoms with Crippen LogP contribution < -0.4 is 14.4 Å². The predicted molar refractivity (Wildman–Crippen MR) is 165 cm³/mol. The number of carbonyl (C=O) groups excluding carboxylic acids is 2. The van der Waals surface area contributed by atoms with Crippen LogP contribution in [0.5, 0.6) is 5.75 Å². The standard InChI is InChI=1S/C32H30ClF4N3O5S/c1-19(31-26(33)7-4-8-27(31)34)13-21-9-11-29-28(14-21)40(46(43,44)25-6-3-5-22(15-25)32(35,36)37)18-24(45-29)10-12-30(42)39-16-23(17-39)38-20(2)41/h3-9,11,13-15,23-24H,10,12,16-18H2,1-2H3,(H,38,41)/b19-13+/t24-/m0/s1. The Bertz CT molecular complexity index is 1790. The maximum Gasteiger partial charge on any atom is 0.416 e. The van der Waals surface area contributed by atoms with E-state index in [1.807, 2.05) is 0 Å². The number of alkyl halides is 3. The number of carbonyl (C=O) groups is 2. The van der Waals surface area contributed by atoms with Crippen LogP contribution in [0.4, 0.5) is 23.2 Å². The van der Waals surface area contributed by atoms with Gasteiger partial charge in [0.1, 0.15) is 17.7 Å². The summed E-state index contributed by atoms with van der Waals surface area (Å²) >= 11 is 6.22. The van der Waals surface area contributed by atoms with Gasteiger partial charge in [-0.25, -0.2) is 12.8 Å². The molecule has 0 radical (unpaired) electrons. The molecule has 1 fully saturated rings. The van der Waals surface area contributed by atoms with Crippen LogP contribution in [0.1, 0.15) is 43.4 Å². The van der Waals surface area contributed by atoms with E-state index in [9.17, 15) is 35.6 Å². The van der Waals surface area contributed by atoms with Gasteiger partial charge in [0.05, 0.1) is 33.8 Å². The highest BCUT2D eigenvalue weighted by Crippen LogP contribution is 2.40. The number of allylic oxidation sites excluding steroid dienone is 1. The molecule has 2 aliphatic heterocycles. The van der Waals surface area contributed by atoms with E-state index < -0.39 is 38.6 Å². The fraction of sp³-hybridized carbons (Fsp3) is 0.312. The summed E-state index contributed by atoms with van der Waals surface area (Å²) in [6.45, 7) is 3.47. The van der Waals surface area contributed by atoms with Gasteiger partial charge >= 0.3 is 6.18 Å². The van der Waals surface area contributed by atoms with Gasteiger partial charge in [0.25, 0.3) is 10.0 Å². The normalized spacial score (nSPS) is 17.2. The van der Waals surface area contributed by atoms with Crippen LogP contribution >= 0.6 is 11.6 Å². The Morgan fingerprint density at radius 3 is 2.43 bits per heavy atom. The van der Waals surface area contributed by atoms with Gasteiger partial charge in [-0.05, 0) is 66.9 Å². The Morgan fingerprint density at radius 2 is 1.76 bits per heavy atom. The van der Waals surface area contributed by atoms with Crippen molar-refractivity contribution in [2.24, 2.45) is 0 Å². The molecule has 3 aromatic rings. The zero-order valence-corrected chi connectivity index (χ0v) is 26.3. The predicted octanol–water partition coefficient (Wildman–Crippen LogP) is 6.14. The topological polar surface area (TPSA) is 96.0 Å². The minimum absolute atomic E-state index is 0.0215. The van der Waals surface area contributed by atoms with Gasteiger partial charge < -0.3 is 15.0 Å². The lowest BCUT2D eigenvalue weighted by molar-refractivity contribution is -0.138. The van der Waals surface area contributed by atoms with Crippen molar-refractivity contribution in [2.45, 2.75) is 49.9 Å². The minimum atomic E-state index is -4.77. The van der Waals surface area contributed by atoms with Crippen molar-refractivity contribution in [3.8, 4) is 5.75 Å². The van der Waals surface area contributed by atoms with Crippen LogP contribution in [0.15, 0.2) is 65.6 Å². The molecule has 14 heteroatoms. The van der Waals surface area contributed by atoms with Gasteiger partial charge in [-0.2, -0.15) is 13.2 Å². The molecule has 2 heterocycles. The summed E-state index contributed by atoms with van der Waals surface area (Å²) in [5.74, 6) is -0.797. The molecular weight excluding hydrogens is 650 g/mol. The molecule has 2 aliphatic rings. The van der Waals surface area contributed by atoms with Crippen molar-refractivity contribution in [3.05, 3.63) is 88.2 Å². The maximum absolute atomic E-state index is 14.6. The summed E-state index contributed by atoms with van der Waals surface area (Å²) in [5, 5.41) is 2.92. The molecule has 1 N–H and O–H groups in total. The lowest BCUT2D eigenvalue weighted by Gasteiger charge is -2.40. The van der Waals surface area contributed by atoms with Gasteiger partial charge in [0.2, 0.25) is 11.8 Å². The average molecular weight is 680 g/mol. The lowest BCUT2D eigenvalue weighted by Crippen LogP contribution is -2.60. The molecule has 1 saturated heterocycles. The van der Waals surface area contributed by atoms with E-state index >= 15 is 0 Å². The van der Waals surface area contributed by atoms with Gasteiger partial charge in [-0.1, -0.05) is 35.9 Å². The third-order valence-electron chi connectivity index (χ3n) is 7.73. The largest absolute Gasteiger partial charge is 0.486 e. The van der Waals surface area contributed by atoms with Gasteiger partial charge in [0.15, 0.2) is 0 Å². The quantitative estimate of drug-likeness (QED) is 0.228. The first-order valence-corrected chi connectivity index (χ1v) is 16.1. The number of ether oxygens (including phenoxy) is 1. The number of anilines is 1. The zero-order valence-electron chi connectivity index (χ0n) is 24.8. The average Bonchev–Trinajstić information content (AvgIpc) is 2.96. The Kier molecular flexibility index (Phi) is 9.37. The second kappa shape index (κ2) is 13.0. The molecule has 1 atom stereocenters. The number of benzene rings is 3. The zero-order chi connectivity index (χ0) is 33.4. The molecule has 0 bridgehead atoms. The van der Waals surface area contributed by atoms with Crippen molar-refractivity contribution >= 4 is 50.8 Å². The number of halogens is 5. The van der Waals surface area contributed by atoms with Crippen molar-refractivity contribution < 1.29 is 40.3 Å². The van der Waals surface area contributed by atoms with E-state index in [-0.39, 0.29) is 59.3 Å². The van der Waals surface area contributed by atoms with Crippen molar-refractivity contribution in [3.63, 3.8) is 0 Å². The number of hydrogen-bond acceptors (Lipinski definition) is 5. The third kappa shape index (κ3) is 7.15. The summed E-state index contributed by atoms with van der Waals surface area (Å²) in [6, 6.07) is 12.2. The molecule has 0 saturated carbocycles. The Hall–Kier alpha value is -4.10. The summed E-state index contributed by atoms with van der Waals surface area (Å²) in [5.41, 5.74) is 0.0353. The molecule has 0 aliphatic carbocycles. The van der Waals surface area contributed by atoms with Crippen LogP contribution in [0.2, 0.25) is 5.02 Å². The number of sulfonamides is 1. The Morgan fingerprint density at radius 1 is 1.04 bits per heavy atom. The monoisotopic (exact) mass is 679 g/mol. The number of likely N-dealkylation sites (tertiary alicyclic amines) is 1. The van der Waals surface area contributed by atoms with E-state index in [0.29, 0.717) is 30.3 Å². The maximum atomic E-state index is 14.6. The number of nitrogens with zero attached hydrogens (tertiary/aromatic N) is 2. The van der Waals surface area contributed by atoms with Gasteiger partial charge in [0, 0.05) is 32.0 Å². The highest BCUT2D eigenvalue weighted by atomic mass is 35.5. The summed E-state index contributed by atoms with van der Waals surface area (Å²) < 4.78 is 90.1. The molecule has 244 valence electrons. The molecule has 8 nitrogen and oxygen atoms in total. The second-order valence-electron chi connectivity index (χ2n) is 11.2. The number of nitrogens with one attached hydrogen (secondary N) is 1. The number of amides is 2. The third-order valence-corrected chi connectivity index (χ3v) is 9.82. The SMILES string of the molecule is CC(=O)NC1CN(C(=O)CC[C@H]2CN(S(=O)(=O)c3cccc(C(F)(F)F)c3)c3cc(/C=C(\C)c4c(F)cccc4Cl)ccc3O2)C1. The summed E-state index contributed by atoms with van der Waals surface area (Å²) in [4.78, 5) is 25.0. The summed E-state index contributed by atoms with van der Waals surface area (Å²) in [6.07, 6.45) is -3.82. The van der Waals surface area contributed by atoms with Crippen LogP contribution in [0.3, 0.4) is 0 Å². The highest BCUT2D eigenvalue weighted by molar-refractivity contribution is 7.92. The fourth-order valence-corrected chi connectivity index (χ4v) is 7.31. The number of fused-ring (bicyclic) bond motifs is 1. The molecular formula is C32H30ClF4N3O5S. The van der Waals surface area contributed by atoms with E-state index in [1.54, 1.807) is 24.0 Å². The number of hydrogen-bond donors (Lipinski definition) is 1. The minimum Gasteiger partial charge on any atom is -0.486 e.